The summed E-state index contributed by atoms with van der Waals surface area (Å²) in [6.07, 6.45) is 44.2. The molecule has 47 heavy (non-hydrogen) atoms. The number of amides is 2. The van der Waals surface area contributed by atoms with Gasteiger partial charge in [-0.25, -0.2) is 4.79 Å². The topological polar surface area (TPSA) is 46.3 Å². The molecule has 0 aliphatic carbocycles. The molecule has 0 radical (unpaired) electrons. The van der Waals surface area contributed by atoms with Gasteiger partial charge in [-0.2, -0.15) is 0 Å². The molecule has 1 aromatic rings. The van der Waals surface area contributed by atoms with Crippen molar-refractivity contribution in [3.63, 3.8) is 0 Å². The Morgan fingerprint density at radius 2 is 0.660 bits per heavy atom. The number of nitrogens with two attached hydrogens (primary N) is 1. The van der Waals surface area contributed by atoms with E-state index in [9.17, 15) is 4.79 Å². The maximum atomic E-state index is 11.8. The number of carbonyl (C=O) groups is 1. The highest BCUT2D eigenvalue weighted by molar-refractivity contribution is 5.71. The third-order valence-electron chi connectivity index (χ3n) is 9.82. The van der Waals surface area contributed by atoms with Crippen LogP contribution in [-0.4, -0.2) is 24.0 Å². The maximum absolute atomic E-state index is 11.8. The van der Waals surface area contributed by atoms with Crippen molar-refractivity contribution in [2.75, 3.05) is 13.1 Å². The summed E-state index contributed by atoms with van der Waals surface area (Å²) in [7, 11) is 0. The van der Waals surface area contributed by atoms with Gasteiger partial charge in [-0.15, -0.1) is 0 Å². The minimum absolute atomic E-state index is 0.220. The SMILES string of the molecule is CCCCCCCCCCCCCCCCCCN(CCCCCCCCCCCCCCCCCC)C(N)=O.Cc1ccccc1. The zero-order valence-corrected chi connectivity index (χ0v) is 32.4. The molecule has 0 bridgehead atoms. The lowest BCUT2D eigenvalue weighted by molar-refractivity contribution is 0.204. The molecule has 3 nitrogen and oxygen atoms in total. The molecule has 3 heteroatoms. The summed E-state index contributed by atoms with van der Waals surface area (Å²) in [5.74, 6) is 0. The van der Waals surface area contributed by atoms with E-state index in [-0.39, 0.29) is 6.03 Å². The van der Waals surface area contributed by atoms with E-state index in [1.807, 2.05) is 23.1 Å². The molecule has 2 amide bonds. The average molecular weight is 657 g/mol. The van der Waals surface area contributed by atoms with Gasteiger partial charge in [-0.3, -0.25) is 0 Å². The Labute approximate surface area is 296 Å². The van der Waals surface area contributed by atoms with E-state index < -0.39 is 0 Å². The Morgan fingerprint density at radius 1 is 0.426 bits per heavy atom. The summed E-state index contributed by atoms with van der Waals surface area (Å²) >= 11 is 0. The molecular weight excluding hydrogens is 572 g/mol. The number of urea groups is 1. The van der Waals surface area contributed by atoms with E-state index in [1.165, 1.54) is 198 Å². The van der Waals surface area contributed by atoms with Crippen LogP contribution in [0.15, 0.2) is 30.3 Å². The minimum Gasteiger partial charge on any atom is -0.351 e. The van der Waals surface area contributed by atoms with Crippen molar-refractivity contribution in [2.45, 2.75) is 226 Å². The van der Waals surface area contributed by atoms with E-state index in [4.69, 9.17) is 5.73 Å². The van der Waals surface area contributed by atoms with Gasteiger partial charge in [0.1, 0.15) is 0 Å². The van der Waals surface area contributed by atoms with Crippen LogP contribution < -0.4 is 5.73 Å². The first-order valence-electron chi connectivity index (χ1n) is 21.2. The number of aryl methyl sites for hydroxylation is 1. The predicted molar refractivity (Wildman–Crippen MR) is 211 cm³/mol. The summed E-state index contributed by atoms with van der Waals surface area (Å²) in [5, 5.41) is 0. The van der Waals surface area contributed by atoms with Crippen molar-refractivity contribution in [3.8, 4) is 0 Å². The number of unbranched alkanes of at least 4 members (excludes halogenated alkanes) is 30. The van der Waals surface area contributed by atoms with Gasteiger partial charge in [0.25, 0.3) is 0 Å². The van der Waals surface area contributed by atoms with Crippen LogP contribution in [0.1, 0.15) is 225 Å². The molecule has 0 unspecified atom stereocenters. The van der Waals surface area contributed by atoms with Crippen LogP contribution in [0.3, 0.4) is 0 Å². The van der Waals surface area contributed by atoms with Crippen molar-refractivity contribution in [3.05, 3.63) is 35.9 Å². The first kappa shape index (κ1) is 45.5. The lowest BCUT2D eigenvalue weighted by Gasteiger charge is -2.20. The van der Waals surface area contributed by atoms with Crippen LogP contribution in [0.4, 0.5) is 4.79 Å². The van der Waals surface area contributed by atoms with Crippen molar-refractivity contribution in [1.29, 1.82) is 0 Å². The zero-order valence-electron chi connectivity index (χ0n) is 32.4. The molecule has 0 heterocycles. The smallest absolute Gasteiger partial charge is 0.314 e. The van der Waals surface area contributed by atoms with E-state index in [0.717, 1.165) is 25.9 Å². The highest BCUT2D eigenvalue weighted by Gasteiger charge is 2.08. The number of hydrogen-bond donors (Lipinski definition) is 1. The van der Waals surface area contributed by atoms with Gasteiger partial charge >= 0.3 is 6.03 Å². The van der Waals surface area contributed by atoms with Gasteiger partial charge < -0.3 is 10.6 Å². The fourth-order valence-corrected chi connectivity index (χ4v) is 6.57. The standard InChI is InChI=1S/C37H76N2O.C7H8/c1-3-5-7-9-11-13-15-17-19-21-23-25-27-29-31-33-35-39(37(38)40)36-34-32-30-28-26-24-22-20-18-16-14-12-10-8-6-4-2;1-7-5-3-2-4-6-7/h3-36H2,1-2H3,(H2,38,40);2-6H,1H3. The van der Waals surface area contributed by atoms with Crippen LogP contribution in [-0.2, 0) is 0 Å². The summed E-state index contributed by atoms with van der Waals surface area (Å²) in [5.41, 5.74) is 6.98. The molecule has 0 aliphatic rings. The van der Waals surface area contributed by atoms with E-state index >= 15 is 0 Å². The summed E-state index contributed by atoms with van der Waals surface area (Å²) < 4.78 is 0. The summed E-state index contributed by atoms with van der Waals surface area (Å²) in [6, 6.07) is 10.0. The van der Waals surface area contributed by atoms with Crippen LogP contribution in [0.25, 0.3) is 0 Å². The summed E-state index contributed by atoms with van der Waals surface area (Å²) in [6.45, 7) is 8.38. The number of nitrogens with zero attached hydrogens (tertiary/aromatic N) is 1. The quantitative estimate of drug-likeness (QED) is 0.0737. The molecule has 0 atom stereocenters. The van der Waals surface area contributed by atoms with Gasteiger partial charge in [0, 0.05) is 13.1 Å². The zero-order chi connectivity index (χ0) is 34.3. The predicted octanol–water partition coefficient (Wildman–Crippen LogP) is 14.9. The molecule has 2 N–H and O–H groups in total. The molecule has 276 valence electrons. The van der Waals surface area contributed by atoms with Gasteiger partial charge in [-0.1, -0.05) is 242 Å². The average Bonchev–Trinajstić information content (AvgIpc) is 3.07. The van der Waals surface area contributed by atoms with E-state index in [1.54, 1.807) is 0 Å². The fraction of sp³-hybridized carbons (Fsp3) is 0.841. The molecule has 0 saturated carbocycles. The Bertz CT molecular complexity index is 685. The monoisotopic (exact) mass is 657 g/mol. The van der Waals surface area contributed by atoms with Crippen LogP contribution in [0.5, 0.6) is 0 Å². The number of benzene rings is 1. The van der Waals surface area contributed by atoms with Gasteiger partial charge in [0.05, 0.1) is 0 Å². The third-order valence-corrected chi connectivity index (χ3v) is 9.82. The van der Waals surface area contributed by atoms with Crippen molar-refractivity contribution >= 4 is 6.03 Å². The fourth-order valence-electron chi connectivity index (χ4n) is 6.57. The second-order valence-corrected chi connectivity index (χ2v) is 14.6. The molecule has 0 saturated heterocycles. The Hall–Kier alpha value is -1.51. The Morgan fingerprint density at radius 3 is 0.851 bits per heavy atom. The van der Waals surface area contributed by atoms with E-state index in [0.29, 0.717) is 0 Å². The van der Waals surface area contributed by atoms with Gasteiger partial charge in [-0.05, 0) is 19.8 Å². The Balaban J connectivity index is 0.00000264. The lowest BCUT2D eigenvalue weighted by atomic mass is 10.0. The van der Waals surface area contributed by atoms with Crippen LogP contribution in [0.2, 0.25) is 0 Å². The normalized spacial score (nSPS) is 11.0. The first-order chi connectivity index (χ1) is 23.1. The molecule has 0 aromatic heterocycles. The molecule has 1 aromatic carbocycles. The third kappa shape index (κ3) is 37.2. The number of hydrogen-bond acceptors (Lipinski definition) is 1. The van der Waals surface area contributed by atoms with E-state index in [2.05, 4.69) is 32.9 Å². The summed E-state index contributed by atoms with van der Waals surface area (Å²) in [4.78, 5) is 13.7. The maximum Gasteiger partial charge on any atom is 0.314 e. The molecular formula is C44H84N2O. The molecule has 0 fully saturated rings. The minimum atomic E-state index is -0.220. The Kier molecular flexibility index (Phi) is 37.7. The highest BCUT2D eigenvalue weighted by atomic mass is 16.2. The first-order valence-corrected chi connectivity index (χ1v) is 21.2. The van der Waals surface area contributed by atoms with Gasteiger partial charge in [0.2, 0.25) is 0 Å². The van der Waals surface area contributed by atoms with Crippen molar-refractivity contribution < 1.29 is 4.79 Å². The van der Waals surface area contributed by atoms with Crippen molar-refractivity contribution in [1.82, 2.24) is 4.90 Å². The number of rotatable bonds is 34. The number of carbonyl (C=O) groups excluding carboxylic acids is 1. The van der Waals surface area contributed by atoms with Crippen LogP contribution in [0, 0.1) is 6.92 Å². The van der Waals surface area contributed by atoms with Crippen molar-refractivity contribution in [2.24, 2.45) is 5.73 Å². The van der Waals surface area contributed by atoms with Crippen LogP contribution >= 0.6 is 0 Å². The lowest BCUT2D eigenvalue weighted by Crippen LogP contribution is -2.37. The highest BCUT2D eigenvalue weighted by Crippen LogP contribution is 2.16. The number of primary amides is 1. The van der Waals surface area contributed by atoms with Gasteiger partial charge in [0.15, 0.2) is 0 Å². The largest absolute Gasteiger partial charge is 0.351 e. The second-order valence-electron chi connectivity index (χ2n) is 14.6. The molecule has 1 rings (SSSR count). The second kappa shape index (κ2) is 38.9. The molecule has 0 aliphatic heterocycles. The molecule has 0 spiro atoms.